The molecule has 0 unspecified atom stereocenters. The summed E-state index contributed by atoms with van der Waals surface area (Å²) in [5, 5.41) is 10.8. The van der Waals surface area contributed by atoms with E-state index in [4.69, 9.17) is 9.72 Å². The maximum absolute atomic E-state index is 13.5. The van der Waals surface area contributed by atoms with Gasteiger partial charge in [0.1, 0.15) is 0 Å². The van der Waals surface area contributed by atoms with Gasteiger partial charge in [0.05, 0.1) is 23.1 Å². The Balaban J connectivity index is 1.56. The van der Waals surface area contributed by atoms with Crippen LogP contribution in [0.25, 0.3) is 10.9 Å². The van der Waals surface area contributed by atoms with Gasteiger partial charge in [-0.15, -0.1) is 0 Å². The summed E-state index contributed by atoms with van der Waals surface area (Å²) in [7, 11) is 0. The van der Waals surface area contributed by atoms with Crippen LogP contribution >= 0.6 is 0 Å². The third-order valence-electron chi connectivity index (χ3n) is 6.63. The van der Waals surface area contributed by atoms with Crippen LogP contribution in [0.3, 0.4) is 0 Å². The summed E-state index contributed by atoms with van der Waals surface area (Å²) in [6, 6.07) is 7.93. The molecule has 0 spiro atoms. The van der Waals surface area contributed by atoms with Crippen molar-refractivity contribution in [1.29, 1.82) is 0 Å². The quantitative estimate of drug-likeness (QED) is 0.886. The van der Waals surface area contributed by atoms with Gasteiger partial charge >= 0.3 is 5.97 Å². The maximum atomic E-state index is 13.5. The predicted molar refractivity (Wildman–Crippen MR) is 103 cm³/mol. The number of carbonyl (C=O) groups is 2. The molecule has 1 saturated carbocycles. The lowest BCUT2D eigenvalue weighted by molar-refractivity contribution is -0.157. The van der Waals surface area contributed by atoms with E-state index in [0.717, 1.165) is 35.0 Å². The molecule has 1 aliphatic carbocycles. The molecule has 3 fully saturated rings. The summed E-state index contributed by atoms with van der Waals surface area (Å²) in [5.74, 6) is -0.613. The second-order valence-corrected chi connectivity index (χ2v) is 8.56. The molecular weight excluding hydrogens is 356 g/mol. The second-order valence-electron chi connectivity index (χ2n) is 8.56. The lowest BCUT2D eigenvalue weighted by atomic mass is 9.74. The first-order valence-corrected chi connectivity index (χ1v) is 10.00. The summed E-state index contributed by atoms with van der Waals surface area (Å²) in [5.41, 5.74) is 2.66. The second kappa shape index (κ2) is 6.27. The molecule has 1 aromatic carbocycles. The fourth-order valence-corrected chi connectivity index (χ4v) is 4.75. The fourth-order valence-electron chi connectivity index (χ4n) is 4.75. The number of carbonyl (C=O) groups excluding carboxylic acids is 1. The van der Waals surface area contributed by atoms with Crippen molar-refractivity contribution in [2.75, 3.05) is 26.3 Å². The molecular formula is C22H24N2O4. The first-order chi connectivity index (χ1) is 13.5. The average Bonchev–Trinajstić information content (AvgIpc) is 3.45. The molecule has 1 aromatic heterocycles. The number of aliphatic carboxylic acids is 1. The first kappa shape index (κ1) is 17.6. The molecule has 2 atom stereocenters. The number of hydrogen-bond donors (Lipinski definition) is 1. The standard InChI is InChI=1S/C22H24N2O4/c1-13-2-5-18-16(8-13)17(9-19(23-18)14-3-4-14)20(25)24-10-15-11-28-7-6-22(15,12-24)21(26)27/h2,5,8-9,14-15H,3-4,6-7,10-12H2,1H3,(H,26,27)/t15-,22+/m0/s1. The van der Waals surface area contributed by atoms with Gasteiger partial charge in [0, 0.05) is 42.6 Å². The van der Waals surface area contributed by atoms with E-state index in [9.17, 15) is 14.7 Å². The molecule has 6 heteroatoms. The molecule has 146 valence electrons. The zero-order valence-electron chi connectivity index (χ0n) is 16.0. The Hall–Kier alpha value is -2.47. The van der Waals surface area contributed by atoms with Crippen LogP contribution in [0.4, 0.5) is 0 Å². The normalized spacial score (nSPS) is 27.0. The number of hydrogen-bond acceptors (Lipinski definition) is 4. The van der Waals surface area contributed by atoms with E-state index in [1.807, 2.05) is 31.2 Å². The third kappa shape index (κ3) is 2.70. The van der Waals surface area contributed by atoms with Crippen molar-refractivity contribution < 1.29 is 19.4 Å². The zero-order chi connectivity index (χ0) is 19.5. The minimum atomic E-state index is -0.883. The topological polar surface area (TPSA) is 79.7 Å². The van der Waals surface area contributed by atoms with Crippen LogP contribution < -0.4 is 0 Å². The van der Waals surface area contributed by atoms with Gasteiger partial charge in [-0.2, -0.15) is 0 Å². The SMILES string of the molecule is Cc1ccc2nc(C3CC3)cc(C(=O)N3C[C@H]4COCC[C@@]4(C(=O)O)C3)c2c1. The van der Waals surface area contributed by atoms with E-state index in [0.29, 0.717) is 37.7 Å². The fraction of sp³-hybridized carbons (Fsp3) is 0.500. The summed E-state index contributed by atoms with van der Waals surface area (Å²) in [4.78, 5) is 32.1. The number of pyridine rings is 1. The van der Waals surface area contributed by atoms with E-state index >= 15 is 0 Å². The molecule has 1 N–H and O–H groups in total. The largest absolute Gasteiger partial charge is 0.481 e. The monoisotopic (exact) mass is 380 g/mol. The van der Waals surface area contributed by atoms with Crippen molar-refractivity contribution in [3.05, 3.63) is 41.1 Å². The molecule has 2 aromatic rings. The van der Waals surface area contributed by atoms with Crippen LogP contribution in [0.1, 0.15) is 46.8 Å². The molecule has 6 nitrogen and oxygen atoms in total. The average molecular weight is 380 g/mol. The number of benzene rings is 1. The minimum Gasteiger partial charge on any atom is -0.481 e. The van der Waals surface area contributed by atoms with Crippen LogP contribution in [0.2, 0.25) is 0 Å². The number of rotatable bonds is 3. The number of likely N-dealkylation sites (tertiary alicyclic amines) is 1. The summed E-state index contributed by atoms with van der Waals surface area (Å²) < 4.78 is 5.53. The summed E-state index contributed by atoms with van der Waals surface area (Å²) in [6.45, 7) is 3.53. The van der Waals surface area contributed by atoms with Gasteiger partial charge in [-0.05, 0) is 44.4 Å². The molecule has 2 saturated heterocycles. The number of aromatic nitrogens is 1. The molecule has 0 radical (unpaired) electrons. The van der Waals surface area contributed by atoms with Gasteiger partial charge < -0.3 is 14.7 Å². The van der Waals surface area contributed by atoms with Crippen LogP contribution in [-0.2, 0) is 9.53 Å². The number of carboxylic acid groups (broad SMARTS) is 1. The van der Waals surface area contributed by atoms with Gasteiger partial charge in [0.2, 0.25) is 0 Å². The molecule has 2 aliphatic heterocycles. The Kier molecular flexibility index (Phi) is 3.95. The third-order valence-corrected chi connectivity index (χ3v) is 6.63. The smallest absolute Gasteiger partial charge is 0.311 e. The number of carboxylic acids is 1. The molecule has 3 aliphatic rings. The lowest BCUT2D eigenvalue weighted by Crippen LogP contribution is -2.45. The van der Waals surface area contributed by atoms with Gasteiger partial charge in [0.15, 0.2) is 0 Å². The Morgan fingerprint density at radius 1 is 1.29 bits per heavy atom. The first-order valence-electron chi connectivity index (χ1n) is 10.00. The maximum Gasteiger partial charge on any atom is 0.311 e. The Bertz CT molecular complexity index is 984. The van der Waals surface area contributed by atoms with Gasteiger partial charge in [0.25, 0.3) is 5.91 Å². The van der Waals surface area contributed by atoms with Crippen molar-refractivity contribution in [2.45, 2.75) is 32.1 Å². The number of amides is 1. The van der Waals surface area contributed by atoms with Crippen LogP contribution in [0.15, 0.2) is 24.3 Å². The Morgan fingerprint density at radius 3 is 2.82 bits per heavy atom. The Morgan fingerprint density at radius 2 is 2.11 bits per heavy atom. The van der Waals surface area contributed by atoms with E-state index in [1.54, 1.807) is 4.90 Å². The predicted octanol–water partition coefficient (Wildman–Crippen LogP) is 2.98. The number of nitrogens with zero attached hydrogens (tertiary/aromatic N) is 2. The van der Waals surface area contributed by atoms with Crippen molar-refractivity contribution >= 4 is 22.8 Å². The summed E-state index contributed by atoms with van der Waals surface area (Å²) >= 11 is 0. The van der Waals surface area contributed by atoms with E-state index in [2.05, 4.69) is 0 Å². The van der Waals surface area contributed by atoms with Crippen LogP contribution in [-0.4, -0.2) is 53.2 Å². The Labute approximate surface area is 163 Å². The van der Waals surface area contributed by atoms with Crippen molar-refractivity contribution in [3.63, 3.8) is 0 Å². The van der Waals surface area contributed by atoms with E-state index in [1.165, 1.54) is 0 Å². The molecule has 28 heavy (non-hydrogen) atoms. The lowest BCUT2D eigenvalue weighted by Gasteiger charge is -2.33. The number of fused-ring (bicyclic) bond motifs is 2. The number of aryl methyl sites for hydroxylation is 1. The minimum absolute atomic E-state index is 0.0880. The highest BCUT2D eigenvalue weighted by Gasteiger charge is 2.55. The number of ether oxygens (including phenoxy) is 1. The van der Waals surface area contributed by atoms with Crippen molar-refractivity contribution in [2.24, 2.45) is 11.3 Å². The molecule has 3 heterocycles. The van der Waals surface area contributed by atoms with Gasteiger partial charge in [-0.3, -0.25) is 14.6 Å². The summed E-state index contributed by atoms with van der Waals surface area (Å²) in [6.07, 6.45) is 2.69. The van der Waals surface area contributed by atoms with Crippen LogP contribution in [0, 0.1) is 18.3 Å². The van der Waals surface area contributed by atoms with Crippen molar-refractivity contribution in [1.82, 2.24) is 9.88 Å². The zero-order valence-corrected chi connectivity index (χ0v) is 16.0. The highest BCUT2D eigenvalue weighted by Crippen LogP contribution is 2.44. The van der Waals surface area contributed by atoms with Gasteiger partial charge in [-0.1, -0.05) is 11.6 Å². The van der Waals surface area contributed by atoms with Crippen LogP contribution in [0.5, 0.6) is 0 Å². The molecule has 1 amide bonds. The van der Waals surface area contributed by atoms with E-state index < -0.39 is 11.4 Å². The van der Waals surface area contributed by atoms with Crippen molar-refractivity contribution in [3.8, 4) is 0 Å². The van der Waals surface area contributed by atoms with E-state index in [-0.39, 0.29) is 18.4 Å². The molecule has 5 rings (SSSR count). The highest BCUT2D eigenvalue weighted by atomic mass is 16.5. The highest BCUT2D eigenvalue weighted by molar-refractivity contribution is 6.06. The molecule has 0 bridgehead atoms. The van der Waals surface area contributed by atoms with Gasteiger partial charge in [-0.25, -0.2) is 0 Å².